The first-order chi connectivity index (χ1) is 11.0. The molecular weight excluding hydrogens is 312 g/mol. The number of carbonyl (C=O) groups excluding carboxylic acids is 1. The highest BCUT2D eigenvalue weighted by molar-refractivity contribution is 7.90. The first kappa shape index (κ1) is 16.3. The monoisotopic (exact) mass is 336 g/mol. The second-order valence-corrected chi connectivity index (χ2v) is 8.23. The molecule has 0 unspecified atom stereocenters. The molecule has 1 fully saturated rings. The van der Waals surface area contributed by atoms with Gasteiger partial charge in [-0.15, -0.1) is 0 Å². The van der Waals surface area contributed by atoms with E-state index in [4.69, 9.17) is 0 Å². The molecule has 3 rings (SSSR count). The normalized spacial score (nSPS) is 19.0. The Morgan fingerprint density at radius 1 is 0.957 bits per heavy atom. The SMILES string of the molecule is O=C(NC1CCCCC1)NS(=O)(=O)c1ccc2c(c1)CCCC2. The summed E-state index contributed by atoms with van der Waals surface area (Å²) in [5, 5.41) is 2.78. The molecule has 0 saturated heterocycles. The lowest BCUT2D eigenvalue weighted by Crippen LogP contribution is -2.45. The van der Waals surface area contributed by atoms with E-state index in [1.54, 1.807) is 12.1 Å². The summed E-state index contributed by atoms with van der Waals surface area (Å²) in [6.45, 7) is 0. The predicted octanol–water partition coefficient (Wildman–Crippen LogP) is 2.89. The van der Waals surface area contributed by atoms with Crippen molar-refractivity contribution in [1.29, 1.82) is 0 Å². The molecule has 23 heavy (non-hydrogen) atoms. The highest BCUT2D eigenvalue weighted by atomic mass is 32.2. The number of benzene rings is 1. The van der Waals surface area contributed by atoms with E-state index in [-0.39, 0.29) is 10.9 Å². The third-order valence-electron chi connectivity index (χ3n) is 4.80. The van der Waals surface area contributed by atoms with Gasteiger partial charge in [0.25, 0.3) is 10.0 Å². The van der Waals surface area contributed by atoms with Crippen molar-refractivity contribution in [3.63, 3.8) is 0 Å². The number of sulfonamides is 1. The van der Waals surface area contributed by atoms with Gasteiger partial charge in [-0.3, -0.25) is 0 Å². The molecule has 0 spiro atoms. The molecule has 0 heterocycles. The van der Waals surface area contributed by atoms with Crippen molar-refractivity contribution in [3.8, 4) is 0 Å². The van der Waals surface area contributed by atoms with Crippen LogP contribution in [-0.2, 0) is 22.9 Å². The molecule has 2 N–H and O–H groups in total. The van der Waals surface area contributed by atoms with Crippen molar-refractivity contribution in [1.82, 2.24) is 10.0 Å². The molecule has 0 atom stereocenters. The predicted molar refractivity (Wildman–Crippen MR) is 88.8 cm³/mol. The van der Waals surface area contributed by atoms with E-state index in [0.717, 1.165) is 56.9 Å². The van der Waals surface area contributed by atoms with Crippen LogP contribution in [0.2, 0.25) is 0 Å². The van der Waals surface area contributed by atoms with Crippen molar-refractivity contribution in [3.05, 3.63) is 29.3 Å². The molecule has 126 valence electrons. The van der Waals surface area contributed by atoms with Crippen molar-refractivity contribution in [2.24, 2.45) is 0 Å². The molecule has 0 radical (unpaired) electrons. The second kappa shape index (κ2) is 6.91. The van der Waals surface area contributed by atoms with Gasteiger partial charge in [-0.2, -0.15) is 0 Å². The van der Waals surface area contributed by atoms with Crippen LogP contribution >= 0.6 is 0 Å². The molecule has 1 aromatic rings. The number of aryl methyl sites for hydroxylation is 2. The minimum atomic E-state index is -3.81. The number of hydrogen-bond acceptors (Lipinski definition) is 3. The maximum Gasteiger partial charge on any atom is 0.328 e. The molecule has 2 amide bonds. The van der Waals surface area contributed by atoms with Gasteiger partial charge in [0.15, 0.2) is 0 Å². The van der Waals surface area contributed by atoms with Gasteiger partial charge < -0.3 is 5.32 Å². The quantitative estimate of drug-likeness (QED) is 0.891. The summed E-state index contributed by atoms with van der Waals surface area (Å²) >= 11 is 0. The number of fused-ring (bicyclic) bond motifs is 1. The van der Waals surface area contributed by atoms with Crippen LogP contribution in [0, 0.1) is 0 Å². The highest BCUT2D eigenvalue weighted by Gasteiger charge is 2.22. The Morgan fingerprint density at radius 3 is 2.39 bits per heavy atom. The molecule has 2 aliphatic rings. The molecule has 5 nitrogen and oxygen atoms in total. The second-order valence-electron chi connectivity index (χ2n) is 6.55. The first-order valence-electron chi connectivity index (χ1n) is 8.50. The lowest BCUT2D eigenvalue weighted by atomic mass is 9.92. The Kier molecular flexibility index (Phi) is 4.90. The molecule has 0 bridgehead atoms. The average molecular weight is 336 g/mol. The van der Waals surface area contributed by atoms with Crippen LogP contribution in [0.4, 0.5) is 4.79 Å². The van der Waals surface area contributed by atoms with E-state index in [1.165, 1.54) is 12.0 Å². The summed E-state index contributed by atoms with van der Waals surface area (Å²) in [4.78, 5) is 12.2. The number of hydrogen-bond donors (Lipinski definition) is 2. The fourth-order valence-electron chi connectivity index (χ4n) is 3.52. The minimum absolute atomic E-state index is 0.0856. The van der Waals surface area contributed by atoms with Crippen LogP contribution < -0.4 is 10.0 Å². The van der Waals surface area contributed by atoms with Crippen LogP contribution in [0.5, 0.6) is 0 Å². The zero-order chi connectivity index (χ0) is 16.3. The van der Waals surface area contributed by atoms with E-state index in [0.29, 0.717) is 0 Å². The standard InChI is InChI=1S/C17H24N2O3S/c20-17(18-15-8-2-1-3-9-15)19-23(21,22)16-11-10-13-6-4-5-7-14(13)12-16/h10-12,15H,1-9H2,(H2,18,19,20). The average Bonchev–Trinajstić information content (AvgIpc) is 2.54. The van der Waals surface area contributed by atoms with Gasteiger partial charge in [0.1, 0.15) is 0 Å². The van der Waals surface area contributed by atoms with Gasteiger partial charge in [0, 0.05) is 6.04 Å². The Bertz CT molecular complexity index is 679. The number of amides is 2. The number of carbonyl (C=O) groups is 1. The molecule has 0 aromatic heterocycles. The van der Waals surface area contributed by atoms with Crippen molar-refractivity contribution >= 4 is 16.1 Å². The highest BCUT2D eigenvalue weighted by Crippen LogP contribution is 2.24. The van der Waals surface area contributed by atoms with Crippen LogP contribution in [0.3, 0.4) is 0 Å². The zero-order valence-electron chi connectivity index (χ0n) is 13.3. The largest absolute Gasteiger partial charge is 0.335 e. The van der Waals surface area contributed by atoms with E-state index in [2.05, 4.69) is 10.0 Å². The molecular formula is C17H24N2O3S. The fourth-order valence-corrected chi connectivity index (χ4v) is 4.49. The molecule has 1 saturated carbocycles. The maximum atomic E-state index is 12.4. The third kappa shape index (κ3) is 4.05. The Balaban J connectivity index is 1.67. The summed E-state index contributed by atoms with van der Waals surface area (Å²) in [7, 11) is -3.81. The summed E-state index contributed by atoms with van der Waals surface area (Å²) in [5.74, 6) is 0. The third-order valence-corrected chi connectivity index (χ3v) is 6.13. The summed E-state index contributed by atoms with van der Waals surface area (Å²) in [6, 6.07) is 4.66. The topological polar surface area (TPSA) is 75.3 Å². The summed E-state index contributed by atoms with van der Waals surface area (Å²) < 4.78 is 26.9. The molecule has 2 aliphatic carbocycles. The lowest BCUT2D eigenvalue weighted by molar-refractivity contribution is 0.237. The van der Waals surface area contributed by atoms with Crippen LogP contribution in [0.15, 0.2) is 23.1 Å². The van der Waals surface area contributed by atoms with E-state index in [1.807, 2.05) is 6.07 Å². The van der Waals surface area contributed by atoms with Crippen LogP contribution in [0.1, 0.15) is 56.1 Å². The fraction of sp³-hybridized carbons (Fsp3) is 0.588. The van der Waals surface area contributed by atoms with Gasteiger partial charge in [-0.05, 0) is 61.8 Å². The van der Waals surface area contributed by atoms with Crippen molar-refractivity contribution < 1.29 is 13.2 Å². The van der Waals surface area contributed by atoms with Gasteiger partial charge in [0.2, 0.25) is 0 Å². The van der Waals surface area contributed by atoms with Crippen LogP contribution in [0.25, 0.3) is 0 Å². The first-order valence-corrected chi connectivity index (χ1v) is 9.98. The van der Waals surface area contributed by atoms with Gasteiger partial charge >= 0.3 is 6.03 Å². The molecule has 6 heteroatoms. The van der Waals surface area contributed by atoms with Gasteiger partial charge in [-0.1, -0.05) is 25.3 Å². The number of nitrogens with one attached hydrogen (secondary N) is 2. The Labute approximate surface area is 137 Å². The van der Waals surface area contributed by atoms with E-state index >= 15 is 0 Å². The smallest absolute Gasteiger partial charge is 0.328 e. The van der Waals surface area contributed by atoms with Crippen molar-refractivity contribution in [2.45, 2.75) is 68.7 Å². The lowest BCUT2D eigenvalue weighted by Gasteiger charge is -2.23. The van der Waals surface area contributed by atoms with Crippen LogP contribution in [-0.4, -0.2) is 20.5 Å². The van der Waals surface area contributed by atoms with Gasteiger partial charge in [0.05, 0.1) is 4.90 Å². The summed E-state index contributed by atoms with van der Waals surface area (Å²) in [6.07, 6.45) is 9.36. The van der Waals surface area contributed by atoms with E-state index < -0.39 is 16.1 Å². The van der Waals surface area contributed by atoms with Crippen molar-refractivity contribution in [2.75, 3.05) is 0 Å². The molecule has 1 aromatic carbocycles. The molecule has 0 aliphatic heterocycles. The maximum absolute atomic E-state index is 12.4. The Hall–Kier alpha value is -1.56. The number of urea groups is 1. The van der Waals surface area contributed by atoms with Gasteiger partial charge in [-0.25, -0.2) is 17.9 Å². The number of rotatable bonds is 3. The zero-order valence-corrected chi connectivity index (χ0v) is 14.1. The summed E-state index contributed by atoms with van der Waals surface area (Å²) in [5.41, 5.74) is 2.31. The Morgan fingerprint density at radius 2 is 1.65 bits per heavy atom. The minimum Gasteiger partial charge on any atom is -0.335 e. The van der Waals surface area contributed by atoms with E-state index in [9.17, 15) is 13.2 Å².